The van der Waals surface area contributed by atoms with Gasteiger partial charge >= 0.3 is 11.9 Å². The van der Waals surface area contributed by atoms with Gasteiger partial charge in [-0.25, -0.2) is 9.59 Å². The molecule has 0 heterocycles. The maximum atomic E-state index is 10.5. The van der Waals surface area contributed by atoms with Crippen LogP contribution in [0.1, 0.15) is 46.5 Å². The second-order valence-electron chi connectivity index (χ2n) is 3.57. The molecule has 106 valence electrons. The van der Waals surface area contributed by atoms with E-state index < -0.39 is 23.8 Å². The minimum Gasteiger partial charge on any atom is -0.477 e. The number of rotatable bonds is 6. The van der Waals surface area contributed by atoms with Crippen LogP contribution in [0.15, 0.2) is 11.1 Å². The second kappa shape index (κ2) is 10.7. The van der Waals surface area contributed by atoms with E-state index in [1.54, 1.807) is 13.8 Å². The average molecular weight is 262 g/mol. The van der Waals surface area contributed by atoms with Gasteiger partial charge in [0.1, 0.15) is 5.57 Å². The van der Waals surface area contributed by atoms with E-state index in [4.69, 9.17) is 20.4 Å². The minimum absolute atomic E-state index is 0.463. The van der Waals surface area contributed by atoms with Gasteiger partial charge in [-0.15, -0.1) is 0 Å². The lowest BCUT2D eigenvalue weighted by atomic mass is 10.0. The number of aliphatic hydroxyl groups is 2. The summed E-state index contributed by atoms with van der Waals surface area (Å²) in [4.78, 5) is 20.9. The van der Waals surface area contributed by atoms with Crippen LogP contribution in [0.2, 0.25) is 0 Å². The van der Waals surface area contributed by atoms with Crippen molar-refractivity contribution in [2.45, 2.75) is 52.7 Å². The van der Waals surface area contributed by atoms with Crippen LogP contribution in [0, 0.1) is 0 Å². The zero-order valence-corrected chi connectivity index (χ0v) is 11.0. The van der Waals surface area contributed by atoms with Crippen LogP contribution in [-0.2, 0) is 9.59 Å². The Bertz CT molecular complexity index is 271. The number of aliphatic hydroxyl groups excluding tert-OH is 1. The quantitative estimate of drug-likeness (QED) is 0.249. The first-order chi connectivity index (χ1) is 8.31. The summed E-state index contributed by atoms with van der Waals surface area (Å²) in [5.74, 6) is -2.72. The smallest absolute Gasteiger partial charge is 0.343 e. The zero-order chi connectivity index (χ0) is 14.7. The van der Waals surface area contributed by atoms with Gasteiger partial charge in [-0.05, 0) is 24.8 Å². The summed E-state index contributed by atoms with van der Waals surface area (Å²) in [5.41, 5.74) is -0.0185. The van der Waals surface area contributed by atoms with Gasteiger partial charge in [0.05, 0.1) is 0 Å². The Hall–Kier alpha value is -1.40. The molecule has 0 saturated carbocycles. The number of hydrogen-bond donors (Lipinski definition) is 4. The number of carbonyl (C=O) groups is 2. The molecule has 4 N–H and O–H groups in total. The molecule has 0 amide bonds. The summed E-state index contributed by atoms with van der Waals surface area (Å²) >= 11 is 0. The number of carboxylic acid groups (broad SMARTS) is 2. The molecule has 0 unspecified atom stereocenters. The number of allylic oxidation sites excluding steroid dienone is 1. The van der Waals surface area contributed by atoms with Gasteiger partial charge in [0, 0.05) is 0 Å². The van der Waals surface area contributed by atoms with E-state index in [9.17, 15) is 9.59 Å². The molecular weight excluding hydrogens is 240 g/mol. The highest BCUT2D eigenvalue weighted by Gasteiger charge is 2.19. The summed E-state index contributed by atoms with van der Waals surface area (Å²) in [7, 11) is 0. The van der Waals surface area contributed by atoms with Crippen LogP contribution in [0.25, 0.3) is 0 Å². The molecule has 0 aromatic rings. The first kappa shape index (κ1) is 19.0. The maximum absolute atomic E-state index is 10.5. The highest BCUT2D eigenvalue weighted by atomic mass is 16.5. The standard InChI is InChI=1S/C8H12O4.C4H10O2/c1-3-5(4-2)6(7(9)10)8(11)12;1-2-3-4(5)6/h3-4H2,1-2H3,(H,9,10)(H,11,12);4-6H,2-3H2,1H3. The third kappa shape index (κ3) is 8.72. The van der Waals surface area contributed by atoms with E-state index in [-0.39, 0.29) is 0 Å². The molecule has 0 spiro atoms. The fourth-order valence-electron chi connectivity index (χ4n) is 1.26. The van der Waals surface area contributed by atoms with Gasteiger partial charge < -0.3 is 20.4 Å². The Morgan fingerprint density at radius 1 is 0.944 bits per heavy atom. The third-order valence-electron chi connectivity index (χ3n) is 2.18. The van der Waals surface area contributed by atoms with Gasteiger partial charge in [-0.3, -0.25) is 0 Å². The molecule has 0 aliphatic carbocycles. The van der Waals surface area contributed by atoms with E-state index in [0.29, 0.717) is 24.8 Å². The van der Waals surface area contributed by atoms with E-state index in [0.717, 1.165) is 6.42 Å². The Kier molecular flexibility index (Phi) is 11.3. The van der Waals surface area contributed by atoms with Gasteiger partial charge in [0.15, 0.2) is 6.29 Å². The molecule has 0 aromatic carbocycles. The molecule has 0 aromatic heterocycles. The van der Waals surface area contributed by atoms with Crippen LogP contribution < -0.4 is 0 Å². The highest BCUT2D eigenvalue weighted by molar-refractivity contribution is 6.13. The normalized spacial score (nSPS) is 9.44. The summed E-state index contributed by atoms with van der Waals surface area (Å²) in [6.45, 7) is 5.38. The van der Waals surface area contributed by atoms with E-state index in [1.807, 2.05) is 6.92 Å². The lowest BCUT2D eigenvalue weighted by Crippen LogP contribution is -2.14. The minimum atomic E-state index is -1.36. The van der Waals surface area contributed by atoms with Crippen molar-refractivity contribution in [1.82, 2.24) is 0 Å². The third-order valence-corrected chi connectivity index (χ3v) is 2.18. The van der Waals surface area contributed by atoms with Crippen LogP contribution in [0.5, 0.6) is 0 Å². The lowest BCUT2D eigenvalue weighted by Gasteiger charge is -2.03. The molecule has 0 bridgehead atoms. The number of hydrogen-bond acceptors (Lipinski definition) is 4. The Labute approximate surface area is 107 Å². The van der Waals surface area contributed by atoms with Gasteiger partial charge in [-0.1, -0.05) is 27.2 Å². The predicted octanol–water partition coefficient (Wildman–Crippen LogP) is 1.37. The van der Waals surface area contributed by atoms with Crippen molar-refractivity contribution in [2.24, 2.45) is 0 Å². The molecule has 18 heavy (non-hydrogen) atoms. The van der Waals surface area contributed by atoms with E-state index >= 15 is 0 Å². The van der Waals surface area contributed by atoms with Crippen molar-refractivity contribution in [2.75, 3.05) is 0 Å². The molecule has 0 radical (unpaired) electrons. The molecule has 0 fully saturated rings. The molecule has 0 atom stereocenters. The molecule has 0 aliphatic heterocycles. The summed E-state index contributed by atoms with van der Waals surface area (Å²) in [6, 6.07) is 0. The lowest BCUT2D eigenvalue weighted by molar-refractivity contribution is -0.140. The van der Waals surface area contributed by atoms with Crippen LogP contribution in [-0.4, -0.2) is 38.7 Å². The first-order valence-electron chi connectivity index (χ1n) is 5.86. The molecular formula is C12H22O6. The molecule has 6 nitrogen and oxygen atoms in total. The number of carboxylic acids is 2. The van der Waals surface area contributed by atoms with Crippen molar-refractivity contribution in [3.63, 3.8) is 0 Å². The van der Waals surface area contributed by atoms with Crippen molar-refractivity contribution in [3.05, 3.63) is 11.1 Å². The number of aliphatic carboxylic acids is 2. The SMILES string of the molecule is CCC(CC)=C(C(=O)O)C(=O)O.CCCC(O)O. The van der Waals surface area contributed by atoms with Gasteiger partial charge in [0.25, 0.3) is 0 Å². The predicted molar refractivity (Wildman–Crippen MR) is 66.0 cm³/mol. The maximum Gasteiger partial charge on any atom is 0.343 e. The van der Waals surface area contributed by atoms with Gasteiger partial charge in [0.2, 0.25) is 0 Å². The summed E-state index contributed by atoms with van der Waals surface area (Å²) in [6.07, 6.45) is 1.14. The molecule has 6 heteroatoms. The molecule has 0 saturated heterocycles. The topological polar surface area (TPSA) is 115 Å². The molecule has 0 aliphatic rings. The van der Waals surface area contributed by atoms with Crippen LogP contribution in [0.3, 0.4) is 0 Å². The first-order valence-corrected chi connectivity index (χ1v) is 5.86. The van der Waals surface area contributed by atoms with Crippen molar-refractivity contribution >= 4 is 11.9 Å². The van der Waals surface area contributed by atoms with Crippen molar-refractivity contribution in [1.29, 1.82) is 0 Å². The Morgan fingerprint density at radius 3 is 1.39 bits per heavy atom. The largest absolute Gasteiger partial charge is 0.477 e. The summed E-state index contributed by atoms with van der Waals surface area (Å²) in [5, 5.41) is 33.3. The highest BCUT2D eigenvalue weighted by Crippen LogP contribution is 2.13. The Morgan fingerprint density at radius 2 is 1.33 bits per heavy atom. The van der Waals surface area contributed by atoms with Gasteiger partial charge in [-0.2, -0.15) is 0 Å². The zero-order valence-electron chi connectivity index (χ0n) is 11.0. The van der Waals surface area contributed by atoms with E-state index in [1.165, 1.54) is 0 Å². The second-order valence-corrected chi connectivity index (χ2v) is 3.57. The van der Waals surface area contributed by atoms with Crippen molar-refractivity contribution in [3.8, 4) is 0 Å². The fourth-order valence-corrected chi connectivity index (χ4v) is 1.26. The van der Waals surface area contributed by atoms with E-state index in [2.05, 4.69) is 0 Å². The van der Waals surface area contributed by atoms with Crippen LogP contribution in [0.4, 0.5) is 0 Å². The van der Waals surface area contributed by atoms with Crippen molar-refractivity contribution < 1.29 is 30.0 Å². The molecule has 0 rings (SSSR count). The van der Waals surface area contributed by atoms with Crippen LogP contribution >= 0.6 is 0 Å². The Balaban J connectivity index is 0. The monoisotopic (exact) mass is 262 g/mol. The fraction of sp³-hybridized carbons (Fsp3) is 0.667. The average Bonchev–Trinajstić information content (AvgIpc) is 2.24. The summed E-state index contributed by atoms with van der Waals surface area (Å²) < 4.78 is 0.